The molecule has 1 fully saturated rings. The lowest BCUT2D eigenvalue weighted by Crippen LogP contribution is -2.44. The van der Waals surface area contributed by atoms with E-state index in [4.69, 9.17) is 5.26 Å². The molecule has 1 aliphatic carbocycles. The SMILES string of the molecule is Cc1ccc(C#N)cc1S(=O)(=O)NCC1(O)CCCCC1. The fourth-order valence-electron chi connectivity index (χ4n) is 2.65. The summed E-state index contributed by atoms with van der Waals surface area (Å²) in [6.07, 6.45) is 4.15. The Bertz CT molecular complexity index is 656. The maximum Gasteiger partial charge on any atom is 0.240 e. The van der Waals surface area contributed by atoms with Crippen LogP contribution in [0.2, 0.25) is 0 Å². The van der Waals surface area contributed by atoms with Gasteiger partial charge in [-0.1, -0.05) is 25.3 Å². The first kappa shape index (κ1) is 16.0. The Morgan fingerprint density at radius 2 is 2.00 bits per heavy atom. The molecule has 0 saturated heterocycles. The number of hydrogen-bond acceptors (Lipinski definition) is 4. The predicted octanol–water partition coefficient (Wildman–Crippen LogP) is 1.84. The van der Waals surface area contributed by atoms with Crippen molar-refractivity contribution in [3.8, 4) is 6.07 Å². The molecular formula is C15H20N2O3S. The lowest BCUT2D eigenvalue weighted by molar-refractivity contribution is 0.00945. The Morgan fingerprint density at radius 3 is 2.62 bits per heavy atom. The van der Waals surface area contributed by atoms with Gasteiger partial charge in [-0.05, 0) is 37.5 Å². The molecular weight excluding hydrogens is 288 g/mol. The largest absolute Gasteiger partial charge is 0.389 e. The van der Waals surface area contributed by atoms with Crippen LogP contribution in [0.3, 0.4) is 0 Å². The second kappa shape index (κ2) is 6.14. The molecule has 0 unspecified atom stereocenters. The summed E-state index contributed by atoms with van der Waals surface area (Å²) in [5.74, 6) is 0. The normalized spacial score (nSPS) is 18.1. The molecule has 2 rings (SSSR count). The van der Waals surface area contributed by atoms with Crippen LogP contribution in [-0.2, 0) is 10.0 Å². The molecule has 0 heterocycles. The maximum atomic E-state index is 12.4. The highest BCUT2D eigenvalue weighted by Crippen LogP contribution is 2.28. The summed E-state index contributed by atoms with van der Waals surface area (Å²) in [5.41, 5.74) is -0.0685. The van der Waals surface area contributed by atoms with Gasteiger partial charge in [0.15, 0.2) is 0 Å². The summed E-state index contributed by atoms with van der Waals surface area (Å²) in [5, 5.41) is 19.3. The number of aliphatic hydroxyl groups is 1. The Hall–Kier alpha value is -1.42. The molecule has 1 aromatic rings. The highest BCUT2D eigenvalue weighted by atomic mass is 32.2. The summed E-state index contributed by atoms with van der Waals surface area (Å²) in [7, 11) is -3.72. The molecule has 6 heteroatoms. The molecule has 0 radical (unpaired) electrons. The van der Waals surface area contributed by atoms with Gasteiger partial charge in [0.1, 0.15) is 0 Å². The van der Waals surface area contributed by atoms with Crippen LogP contribution in [0.15, 0.2) is 23.1 Å². The summed E-state index contributed by atoms with van der Waals surface area (Å²) in [6, 6.07) is 6.50. The van der Waals surface area contributed by atoms with Crippen molar-refractivity contribution in [3.05, 3.63) is 29.3 Å². The van der Waals surface area contributed by atoms with Crippen molar-refractivity contribution < 1.29 is 13.5 Å². The van der Waals surface area contributed by atoms with E-state index >= 15 is 0 Å². The van der Waals surface area contributed by atoms with Crippen LogP contribution in [0.1, 0.15) is 43.2 Å². The molecule has 21 heavy (non-hydrogen) atoms. The first-order valence-electron chi connectivity index (χ1n) is 7.09. The maximum absolute atomic E-state index is 12.4. The number of nitrogens with zero attached hydrogens (tertiary/aromatic N) is 1. The molecule has 0 aliphatic heterocycles. The molecule has 1 aliphatic rings. The van der Waals surface area contributed by atoms with Crippen LogP contribution in [0.4, 0.5) is 0 Å². The smallest absolute Gasteiger partial charge is 0.240 e. The van der Waals surface area contributed by atoms with Gasteiger partial charge in [0.2, 0.25) is 10.0 Å². The van der Waals surface area contributed by atoms with E-state index in [-0.39, 0.29) is 11.4 Å². The van der Waals surface area contributed by atoms with Crippen LogP contribution >= 0.6 is 0 Å². The van der Waals surface area contributed by atoms with E-state index in [1.807, 2.05) is 6.07 Å². The van der Waals surface area contributed by atoms with Gasteiger partial charge >= 0.3 is 0 Å². The third-order valence-electron chi connectivity index (χ3n) is 3.98. The summed E-state index contributed by atoms with van der Waals surface area (Å²) < 4.78 is 27.2. The molecule has 5 nitrogen and oxygen atoms in total. The van der Waals surface area contributed by atoms with Gasteiger partial charge in [0.25, 0.3) is 0 Å². The quantitative estimate of drug-likeness (QED) is 0.888. The minimum absolute atomic E-state index is 0.0194. The summed E-state index contributed by atoms with van der Waals surface area (Å²) in [6.45, 7) is 1.70. The van der Waals surface area contributed by atoms with Gasteiger partial charge in [-0.25, -0.2) is 13.1 Å². The van der Waals surface area contributed by atoms with E-state index in [1.54, 1.807) is 19.1 Å². The van der Waals surface area contributed by atoms with Crippen molar-refractivity contribution in [2.45, 2.75) is 49.5 Å². The number of aryl methyl sites for hydroxylation is 1. The molecule has 0 bridgehead atoms. The highest BCUT2D eigenvalue weighted by Gasteiger charge is 2.31. The average molecular weight is 308 g/mol. The standard InChI is InChI=1S/C15H20N2O3S/c1-12-5-6-13(10-16)9-14(12)21(19,20)17-11-15(18)7-3-2-4-8-15/h5-6,9,17-18H,2-4,7-8,11H2,1H3. The highest BCUT2D eigenvalue weighted by molar-refractivity contribution is 7.89. The van der Waals surface area contributed by atoms with Gasteiger partial charge in [0, 0.05) is 6.54 Å². The minimum atomic E-state index is -3.72. The van der Waals surface area contributed by atoms with Crippen molar-refractivity contribution in [1.29, 1.82) is 5.26 Å². The first-order valence-corrected chi connectivity index (χ1v) is 8.57. The summed E-state index contributed by atoms with van der Waals surface area (Å²) >= 11 is 0. The zero-order valence-corrected chi connectivity index (χ0v) is 12.9. The second-order valence-electron chi connectivity index (χ2n) is 5.70. The van der Waals surface area contributed by atoms with Crippen LogP contribution in [0.5, 0.6) is 0 Å². The van der Waals surface area contributed by atoms with Crippen molar-refractivity contribution in [2.24, 2.45) is 0 Å². The molecule has 0 atom stereocenters. The Morgan fingerprint density at radius 1 is 1.33 bits per heavy atom. The number of nitriles is 1. The molecule has 114 valence electrons. The third-order valence-corrected chi connectivity index (χ3v) is 5.53. The zero-order chi connectivity index (χ0) is 15.5. The number of benzene rings is 1. The van der Waals surface area contributed by atoms with Gasteiger partial charge in [-0.15, -0.1) is 0 Å². The molecule has 2 N–H and O–H groups in total. The fourth-order valence-corrected chi connectivity index (χ4v) is 4.04. The van der Waals surface area contributed by atoms with Gasteiger partial charge in [-0.2, -0.15) is 5.26 Å². The molecule has 1 saturated carbocycles. The Kier molecular flexibility index (Phi) is 4.67. The van der Waals surface area contributed by atoms with Gasteiger partial charge < -0.3 is 5.11 Å². The second-order valence-corrected chi connectivity index (χ2v) is 7.44. The van der Waals surface area contributed by atoms with Crippen LogP contribution < -0.4 is 4.72 Å². The van der Waals surface area contributed by atoms with Crippen LogP contribution in [0.25, 0.3) is 0 Å². The molecule has 0 aromatic heterocycles. The third kappa shape index (κ3) is 3.82. The zero-order valence-electron chi connectivity index (χ0n) is 12.1. The van der Waals surface area contributed by atoms with E-state index in [0.29, 0.717) is 24.0 Å². The van der Waals surface area contributed by atoms with Crippen LogP contribution in [0, 0.1) is 18.3 Å². The minimum Gasteiger partial charge on any atom is -0.389 e. The molecule has 0 spiro atoms. The number of nitrogens with one attached hydrogen (secondary N) is 1. The predicted molar refractivity (Wildman–Crippen MR) is 79.1 cm³/mol. The van der Waals surface area contributed by atoms with E-state index in [1.165, 1.54) is 6.07 Å². The Balaban J connectivity index is 2.17. The first-order chi connectivity index (χ1) is 9.86. The van der Waals surface area contributed by atoms with Gasteiger partial charge in [0.05, 0.1) is 22.1 Å². The monoisotopic (exact) mass is 308 g/mol. The van der Waals surface area contributed by atoms with E-state index in [2.05, 4.69) is 4.72 Å². The van der Waals surface area contributed by atoms with E-state index in [9.17, 15) is 13.5 Å². The van der Waals surface area contributed by atoms with E-state index < -0.39 is 15.6 Å². The van der Waals surface area contributed by atoms with Crippen molar-refractivity contribution in [3.63, 3.8) is 0 Å². The summed E-state index contributed by atoms with van der Waals surface area (Å²) in [4.78, 5) is 0.0981. The van der Waals surface area contributed by atoms with Crippen LogP contribution in [-0.4, -0.2) is 25.7 Å². The van der Waals surface area contributed by atoms with Crippen molar-refractivity contribution in [2.75, 3.05) is 6.54 Å². The number of hydrogen-bond donors (Lipinski definition) is 2. The van der Waals surface area contributed by atoms with E-state index in [0.717, 1.165) is 19.3 Å². The molecule has 1 aromatic carbocycles. The van der Waals surface area contributed by atoms with Gasteiger partial charge in [-0.3, -0.25) is 0 Å². The van der Waals surface area contributed by atoms with Crippen molar-refractivity contribution in [1.82, 2.24) is 4.72 Å². The Labute approximate surface area is 125 Å². The lowest BCUT2D eigenvalue weighted by atomic mass is 9.85. The molecule has 0 amide bonds. The lowest BCUT2D eigenvalue weighted by Gasteiger charge is -2.32. The number of rotatable bonds is 4. The van der Waals surface area contributed by atoms with Crippen molar-refractivity contribution >= 4 is 10.0 Å². The topological polar surface area (TPSA) is 90.2 Å². The fraction of sp³-hybridized carbons (Fsp3) is 0.533. The number of sulfonamides is 1. The average Bonchev–Trinajstić information content (AvgIpc) is 2.47.